The predicted molar refractivity (Wildman–Crippen MR) is 93.3 cm³/mol. The zero-order valence-corrected chi connectivity index (χ0v) is 14.1. The Labute approximate surface area is 147 Å². The van der Waals surface area contributed by atoms with Crippen molar-refractivity contribution in [3.8, 4) is 0 Å². The third-order valence-electron chi connectivity index (χ3n) is 5.20. The van der Waals surface area contributed by atoms with Gasteiger partial charge in [0.25, 0.3) is 0 Å². The molecule has 0 spiro atoms. The van der Waals surface area contributed by atoms with Crippen molar-refractivity contribution in [3.63, 3.8) is 0 Å². The SMILES string of the molecule is O=C([C@H]1C[C@@H]1c1cccc(F)c1)N1CCN(Cc2cccnc2)CC1. The summed E-state index contributed by atoms with van der Waals surface area (Å²) in [4.78, 5) is 21.2. The molecule has 5 heteroatoms. The van der Waals surface area contributed by atoms with Gasteiger partial charge < -0.3 is 4.90 Å². The monoisotopic (exact) mass is 339 g/mol. The van der Waals surface area contributed by atoms with Crippen molar-refractivity contribution in [2.24, 2.45) is 5.92 Å². The maximum absolute atomic E-state index is 13.4. The quantitative estimate of drug-likeness (QED) is 0.859. The summed E-state index contributed by atoms with van der Waals surface area (Å²) < 4.78 is 13.4. The lowest BCUT2D eigenvalue weighted by Crippen LogP contribution is -2.48. The highest BCUT2D eigenvalue weighted by molar-refractivity contribution is 5.83. The molecule has 25 heavy (non-hydrogen) atoms. The van der Waals surface area contributed by atoms with E-state index in [9.17, 15) is 9.18 Å². The first-order valence-electron chi connectivity index (χ1n) is 8.86. The van der Waals surface area contributed by atoms with Crippen molar-refractivity contribution in [1.82, 2.24) is 14.8 Å². The second kappa shape index (κ2) is 6.92. The molecule has 0 bridgehead atoms. The van der Waals surface area contributed by atoms with Crippen LogP contribution < -0.4 is 0 Å². The van der Waals surface area contributed by atoms with E-state index >= 15 is 0 Å². The molecule has 1 aromatic heterocycles. The van der Waals surface area contributed by atoms with Crippen LogP contribution in [0.2, 0.25) is 0 Å². The van der Waals surface area contributed by atoms with Gasteiger partial charge in [0, 0.05) is 51.0 Å². The number of carbonyl (C=O) groups is 1. The normalized spacial score (nSPS) is 23.5. The summed E-state index contributed by atoms with van der Waals surface area (Å²) in [6.07, 6.45) is 4.52. The fourth-order valence-electron chi connectivity index (χ4n) is 3.68. The van der Waals surface area contributed by atoms with Crippen LogP contribution in [0.4, 0.5) is 4.39 Å². The molecule has 4 nitrogen and oxygen atoms in total. The van der Waals surface area contributed by atoms with E-state index in [1.807, 2.05) is 23.2 Å². The van der Waals surface area contributed by atoms with Gasteiger partial charge in [-0.3, -0.25) is 14.7 Å². The number of carbonyl (C=O) groups excluding carboxylic acids is 1. The molecule has 2 aromatic rings. The van der Waals surface area contributed by atoms with Gasteiger partial charge in [-0.1, -0.05) is 18.2 Å². The van der Waals surface area contributed by atoms with Crippen LogP contribution in [0.15, 0.2) is 48.8 Å². The van der Waals surface area contributed by atoms with Gasteiger partial charge >= 0.3 is 0 Å². The lowest BCUT2D eigenvalue weighted by atomic mass is 10.1. The van der Waals surface area contributed by atoms with Crippen molar-refractivity contribution < 1.29 is 9.18 Å². The Morgan fingerprint density at radius 2 is 2.00 bits per heavy atom. The maximum atomic E-state index is 13.4. The first-order valence-corrected chi connectivity index (χ1v) is 8.86. The van der Waals surface area contributed by atoms with E-state index in [4.69, 9.17) is 0 Å². The molecule has 130 valence electrons. The molecule has 0 N–H and O–H groups in total. The first kappa shape index (κ1) is 16.2. The Kier molecular flexibility index (Phi) is 4.49. The topological polar surface area (TPSA) is 36.4 Å². The lowest BCUT2D eigenvalue weighted by Gasteiger charge is -2.35. The summed E-state index contributed by atoms with van der Waals surface area (Å²) in [6.45, 7) is 4.19. The maximum Gasteiger partial charge on any atom is 0.226 e. The second-order valence-corrected chi connectivity index (χ2v) is 6.97. The van der Waals surface area contributed by atoms with Crippen molar-refractivity contribution in [3.05, 3.63) is 65.7 Å². The Hall–Kier alpha value is -2.27. The minimum Gasteiger partial charge on any atom is -0.340 e. The first-order chi connectivity index (χ1) is 12.2. The predicted octanol–water partition coefficient (Wildman–Crippen LogP) is 2.67. The van der Waals surface area contributed by atoms with Gasteiger partial charge in [-0.05, 0) is 41.7 Å². The Morgan fingerprint density at radius 3 is 2.72 bits per heavy atom. The van der Waals surface area contributed by atoms with Gasteiger partial charge in [-0.25, -0.2) is 4.39 Å². The minimum atomic E-state index is -0.223. The van der Waals surface area contributed by atoms with Crippen molar-refractivity contribution in [2.45, 2.75) is 18.9 Å². The van der Waals surface area contributed by atoms with Crippen LogP contribution in [-0.2, 0) is 11.3 Å². The third kappa shape index (κ3) is 3.71. The second-order valence-electron chi connectivity index (χ2n) is 6.97. The van der Waals surface area contributed by atoms with Gasteiger partial charge in [0.1, 0.15) is 5.82 Å². The lowest BCUT2D eigenvalue weighted by molar-refractivity contribution is -0.134. The van der Waals surface area contributed by atoms with Crippen LogP contribution in [0.5, 0.6) is 0 Å². The number of amides is 1. The molecule has 1 aliphatic heterocycles. The zero-order valence-electron chi connectivity index (χ0n) is 14.1. The number of pyridine rings is 1. The van der Waals surface area contributed by atoms with Crippen molar-refractivity contribution in [1.29, 1.82) is 0 Å². The number of aromatic nitrogens is 1. The van der Waals surface area contributed by atoms with Crippen LogP contribution in [-0.4, -0.2) is 46.9 Å². The molecule has 1 saturated heterocycles. The molecule has 4 rings (SSSR count). The molecule has 0 unspecified atom stereocenters. The number of halogens is 1. The molecular formula is C20H22FN3O. The summed E-state index contributed by atoms with van der Waals surface area (Å²) >= 11 is 0. The van der Waals surface area contributed by atoms with Gasteiger partial charge in [0.2, 0.25) is 5.91 Å². The van der Waals surface area contributed by atoms with Crippen LogP contribution >= 0.6 is 0 Å². The molecule has 1 aliphatic carbocycles. The Morgan fingerprint density at radius 1 is 1.16 bits per heavy atom. The Balaban J connectivity index is 1.29. The smallest absolute Gasteiger partial charge is 0.226 e. The summed E-state index contributed by atoms with van der Waals surface area (Å²) in [5.74, 6) is 0.234. The number of hydrogen-bond acceptors (Lipinski definition) is 3. The summed E-state index contributed by atoms with van der Waals surface area (Å²) in [7, 11) is 0. The molecular weight excluding hydrogens is 317 g/mol. The van der Waals surface area contributed by atoms with E-state index in [-0.39, 0.29) is 23.6 Å². The molecule has 2 heterocycles. The number of hydrogen-bond donors (Lipinski definition) is 0. The minimum absolute atomic E-state index is 0.0340. The zero-order chi connectivity index (χ0) is 17.2. The fourth-order valence-corrected chi connectivity index (χ4v) is 3.68. The van der Waals surface area contributed by atoms with E-state index in [2.05, 4.69) is 16.0 Å². The molecule has 1 aromatic carbocycles. The Bertz CT molecular complexity index is 744. The van der Waals surface area contributed by atoms with Crippen molar-refractivity contribution >= 4 is 5.91 Å². The van der Waals surface area contributed by atoms with E-state index in [1.165, 1.54) is 11.6 Å². The molecule has 1 amide bonds. The van der Waals surface area contributed by atoms with Crippen LogP contribution in [0, 0.1) is 11.7 Å². The molecule has 2 atom stereocenters. The van der Waals surface area contributed by atoms with E-state index in [0.717, 1.165) is 44.7 Å². The standard InChI is InChI=1S/C20H22FN3O/c21-17-5-1-4-16(11-17)18-12-19(18)20(25)24-9-7-23(8-10-24)14-15-3-2-6-22-13-15/h1-6,11,13,18-19H,7-10,12,14H2/t18-,19+/m1/s1. The molecule has 2 fully saturated rings. The molecule has 0 radical (unpaired) electrons. The number of piperazine rings is 1. The summed E-state index contributed by atoms with van der Waals surface area (Å²) in [5.41, 5.74) is 2.16. The van der Waals surface area contributed by atoms with Gasteiger partial charge in [-0.2, -0.15) is 0 Å². The van der Waals surface area contributed by atoms with Gasteiger partial charge in [0.05, 0.1) is 0 Å². The number of rotatable bonds is 4. The molecule has 2 aliphatic rings. The fraction of sp³-hybridized carbons (Fsp3) is 0.400. The van der Waals surface area contributed by atoms with E-state index < -0.39 is 0 Å². The van der Waals surface area contributed by atoms with Crippen LogP contribution in [0.1, 0.15) is 23.5 Å². The highest BCUT2D eigenvalue weighted by atomic mass is 19.1. The average molecular weight is 339 g/mol. The van der Waals surface area contributed by atoms with Crippen molar-refractivity contribution in [2.75, 3.05) is 26.2 Å². The third-order valence-corrected chi connectivity index (χ3v) is 5.20. The number of nitrogens with zero attached hydrogens (tertiary/aromatic N) is 3. The highest BCUT2D eigenvalue weighted by Crippen LogP contribution is 2.48. The summed E-state index contributed by atoms with van der Waals surface area (Å²) in [6, 6.07) is 10.7. The average Bonchev–Trinajstić information content (AvgIpc) is 3.43. The highest BCUT2D eigenvalue weighted by Gasteiger charge is 2.46. The van der Waals surface area contributed by atoms with E-state index in [1.54, 1.807) is 18.3 Å². The largest absolute Gasteiger partial charge is 0.340 e. The molecule has 1 saturated carbocycles. The summed E-state index contributed by atoms with van der Waals surface area (Å²) in [5, 5.41) is 0. The van der Waals surface area contributed by atoms with Crippen LogP contribution in [0.3, 0.4) is 0 Å². The van der Waals surface area contributed by atoms with Gasteiger partial charge in [0.15, 0.2) is 0 Å². The number of benzene rings is 1. The van der Waals surface area contributed by atoms with Gasteiger partial charge in [-0.15, -0.1) is 0 Å². The van der Waals surface area contributed by atoms with Crippen LogP contribution in [0.25, 0.3) is 0 Å². The van der Waals surface area contributed by atoms with E-state index in [0.29, 0.717) is 0 Å².